The van der Waals surface area contributed by atoms with Crippen LogP contribution in [0.25, 0.3) is 16.5 Å². The predicted octanol–water partition coefficient (Wildman–Crippen LogP) is 6.14. The Balaban J connectivity index is 1.37. The Morgan fingerprint density at radius 3 is 2.59 bits per heavy atom. The lowest BCUT2D eigenvalue weighted by Gasteiger charge is -2.14. The fraction of sp³-hybridized carbons (Fsp3) is 0.167. The number of carbonyl (C=O) groups is 2. The summed E-state index contributed by atoms with van der Waals surface area (Å²) in [5.41, 5.74) is 2.70. The molecule has 7 nitrogen and oxygen atoms in total. The van der Waals surface area contributed by atoms with Gasteiger partial charge in [-0.2, -0.15) is 0 Å². The van der Waals surface area contributed by atoms with E-state index in [-0.39, 0.29) is 22.2 Å². The summed E-state index contributed by atoms with van der Waals surface area (Å²) < 4.78 is 2.44. The number of benzene rings is 3. The molecule has 5 rings (SSSR count). The van der Waals surface area contributed by atoms with Crippen molar-refractivity contribution < 1.29 is 14.7 Å². The molecule has 0 spiro atoms. The van der Waals surface area contributed by atoms with Gasteiger partial charge in [-0.15, -0.1) is 10.2 Å². The van der Waals surface area contributed by atoms with Gasteiger partial charge in [-0.3, -0.25) is 9.36 Å². The fourth-order valence-corrected chi connectivity index (χ4v) is 5.39. The number of carboxylic acids is 1. The first-order chi connectivity index (χ1) is 16.4. The molecular weight excluding hydrogens is 540 g/mol. The highest BCUT2D eigenvalue weighted by Crippen LogP contribution is 2.44. The molecule has 2 N–H and O–H groups in total. The SMILES string of the molecule is O=C(CSc1nnc(Br)n1-c1ccc(C2CC2)c2ccccc12)Nc1ccc(C(=O)O)cc1Cl. The number of anilines is 1. The molecule has 0 unspecified atom stereocenters. The van der Waals surface area contributed by atoms with Crippen LogP contribution < -0.4 is 5.32 Å². The molecule has 0 atom stereocenters. The van der Waals surface area contributed by atoms with Gasteiger partial charge in [0.25, 0.3) is 0 Å². The van der Waals surface area contributed by atoms with Crippen molar-refractivity contribution in [1.82, 2.24) is 14.8 Å². The van der Waals surface area contributed by atoms with Crippen LogP contribution in [-0.2, 0) is 4.79 Å². The number of amides is 1. The number of rotatable bonds is 7. The lowest BCUT2D eigenvalue weighted by atomic mass is 9.99. The minimum absolute atomic E-state index is 0.0512. The molecule has 34 heavy (non-hydrogen) atoms. The van der Waals surface area contributed by atoms with Gasteiger partial charge in [0, 0.05) is 5.39 Å². The lowest BCUT2D eigenvalue weighted by molar-refractivity contribution is -0.113. The molecule has 3 aromatic carbocycles. The van der Waals surface area contributed by atoms with Gasteiger partial charge in [-0.05, 0) is 69.9 Å². The second-order valence-electron chi connectivity index (χ2n) is 7.92. The number of halogens is 2. The zero-order valence-corrected chi connectivity index (χ0v) is 20.8. The molecule has 1 aromatic heterocycles. The van der Waals surface area contributed by atoms with Crippen molar-refractivity contribution >= 4 is 67.6 Å². The van der Waals surface area contributed by atoms with Gasteiger partial charge in [0.05, 0.1) is 27.7 Å². The van der Waals surface area contributed by atoms with E-state index in [4.69, 9.17) is 16.7 Å². The van der Waals surface area contributed by atoms with Crippen molar-refractivity contribution in [3.8, 4) is 5.69 Å². The van der Waals surface area contributed by atoms with Gasteiger partial charge in [-0.25, -0.2) is 4.79 Å². The average molecular weight is 558 g/mol. The lowest BCUT2D eigenvalue weighted by Crippen LogP contribution is -2.15. The quantitative estimate of drug-likeness (QED) is 0.265. The molecule has 1 fully saturated rings. The zero-order chi connectivity index (χ0) is 23.8. The maximum Gasteiger partial charge on any atom is 0.335 e. The van der Waals surface area contributed by atoms with E-state index < -0.39 is 5.97 Å². The molecular formula is C24H18BrClN4O3S. The minimum Gasteiger partial charge on any atom is -0.478 e. The molecule has 4 aromatic rings. The van der Waals surface area contributed by atoms with Gasteiger partial charge < -0.3 is 10.4 Å². The number of hydrogen-bond donors (Lipinski definition) is 2. The first kappa shape index (κ1) is 22.9. The van der Waals surface area contributed by atoms with Gasteiger partial charge in [0.2, 0.25) is 10.6 Å². The molecule has 1 aliphatic rings. The van der Waals surface area contributed by atoms with Gasteiger partial charge >= 0.3 is 5.97 Å². The molecule has 0 bridgehead atoms. The summed E-state index contributed by atoms with van der Waals surface area (Å²) in [6.45, 7) is 0. The maximum absolute atomic E-state index is 12.6. The summed E-state index contributed by atoms with van der Waals surface area (Å²) in [5.74, 6) is -0.690. The van der Waals surface area contributed by atoms with Gasteiger partial charge in [-0.1, -0.05) is 53.7 Å². The molecule has 10 heteroatoms. The third-order valence-corrected chi connectivity index (χ3v) is 7.36. The van der Waals surface area contributed by atoms with E-state index in [1.807, 2.05) is 16.7 Å². The Morgan fingerprint density at radius 1 is 1.12 bits per heavy atom. The molecule has 1 amide bonds. The van der Waals surface area contributed by atoms with Crippen molar-refractivity contribution in [3.63, 3.8) is 0 Å². The molecule has 0 aliphatic heterocycles. The first-order valence-electron chi connectivity index (χ1n) is 10.5. The molecule has 1 aliphatic carbocycles. The second-order valence-corrected chi connectivity index (χ2v) is 9.98. The highest BCUT2D eigenvalue weighted by atomic mass is 79.9. The maximum atomic E-state index is 12.6. The van der Waals surface area contributed by atoms with Crippen molar-refractivity contribution in [2.24, 2.45) is 0 Å². The Kier molecular flexibility index (Phi) is 6.33. The number of carbonyl (C=O) groups excluding carboxylic acids is 1. The number of carboxylic acid groups (broad SMARTS) is 1. The van der Waals surface area contributed by atoms with E-state index in [0.717, 1.165) is 11.1 Å². The first-order valence-corrected chi connectivity index (χ1v) is 12.7. The Hall–Kier alpha value is -2.88. The van der Waals surface area contributed by atoms with Crippen LogP contribution in [0.2, 0.25) is 5.02 Å². The van der Waals surface area contributed by atoms with Gasteiger partial charge in [0.1, 0.15) is 0 Å². The third kappa shape index (κ3) is 4.55. The normalized spacial score (nSPS) is 13.2. The number of hydrogen-bond acceptors (Lipinski definition) is 5. The fourth-order valence-electron chi connectivity index (χ4n) is 3.87. The van der Waals surface area contributed by atoms with Crippen LogP contribution in [0, 0.1) is 0 Å². The van der Waals surface area contributed by atoms with Crippen molar-refractivity contribution in [3.05, 3.63) is 75.5 Å². The Labute approximate surface area is 212 Å². The predicted molar refractivity (Wildman–Crippen MR) is 136 cm³/mol. The molecule has 1 heterocycles. The van der Waals surface area contributed by atoms with Crippen molar-refractivity contribution in [2.75, 3.05) is 11.1 Å². The number of thioether (sulfide) groups is 1. The number of nitrogens with zero attached hydrogens (tertiary/aromatic N) is 3. The van der Waals surface area contributed by atoms with E-state index >= 15 is 0 Å². The van der Waals surface area contributed by atoms with E-state index in [1.54, 1.807) is 0 Å². The van der Waals surface area contributed by atoms with E-state index in [2.05, 4.69) is 55.7 Å². The van der Waals surface area contributed by atoms with E-state index in [0.29, 0.717) is 21.5 Å². The molecule has 0 radical (unpaired) electrons. The van der Waals surface area contributed by atoms with Crippen LogP contribution in [0.3, 0.4) is 0 Å². The molecule has 0 saturated heterocycles. The smallest absolute Gasteiger partial charge is 0.335 e. The van der Waals surface area contributed by atoms with Crippen LogP contribution in [-0.4, -0.2) is 37.5 Å². The summed E-state index contributed by atoms with van der Waals surface area (Å²) >= 11 is 10.9. The third-order valence-electron chi connectivity index (χ3n) is 5.61. The summed E-state index contributed by atoms with van der Waals surface area (Å²) in [6.07, 6.45) is 2.44. The molecule has 172 valence electrons. The summed E-state index contributed by atoms with van der Waals surface area (Å²) in [6, 6.07) is 16.7. The minimum atomic E-state index is -1.09. The highest BCUT2D eigenvalue weighted by molar-refractivity contribution is 9.10. The van der Waals surface area contributed by atoms with Crippen LogP contribution in [0.5, 0.6) is 0 Å². The monoisotopic (exact) mass is 556 g/mol. The van der Waals surface area contributed by atoms with Crippen LogP contribution in [0.1, 0.15) is 34.7 Å². The average Bonchev–Trinajstić information content (AvgIpc) is 3.61. The second kappa shape index (κ2) is 9.40. The van der Waals surface area contributed by atoms with Crippen LogP contribution in [0.4, 0.5) is 5.69 Å². The molecule has 1 saturated carbocycles. The standard InChI is InChI=1S/C24H18BrClN4O3S/c25-23-28-29-24(34-12-21(31)27-19-9-7-14(22(32)33)11-18(19)26)30(23)20-10-8-15(13-5-6-13)16-3-1-2-4-17(16)20/h1-4,7-11,13H,5-6,12H2,(H,27,31)(H,32,33). The summed E-state index contributed by atoms with van der Waals surface area (Å²) in [5, 5.41) is 23.2. The summed E-state index contributed by atoms with van der Waals surface area (Å²) in [7, 11) is 0. The zero-order valence-electron chi connectivity index (χ0n) is 17.7. The Morgan fingerprint density at radius 2 is 1.88 bits per heavy atom. The van der Waals surface area contributed by atoms with E-state index in [1.165, 1.54) is 53.8 Å². The van der Waals surface area contributed by atoms with Crippen LogP contribution in [0.15, 0.2) is 64.5 Å². The number of nitrogens with one attached hydrogen (secondary N) is 1. The summed E-state index contributed by atoms with van der Waals surface area (Å²) in [4.78, 5) is 23.6. The highest BCUT2D eigenvalue weighted by Gasteiger charge is 2.26. The van der Waals surface area contributed by atoms with Gasteiger partial charge in [0.15, 0.2) is 5.16 Å². The van der Waals surface area contributed by atoms with Crippen molar-refractivity contribution in [1.29, 1.82) is 0 Å². The number of aromatic carboxylic acids is 1. The van der Waals surface area contributed by atoms with Crippen molar-refractivity contribution in [2.45, 2.75) is 23.9 Å². The Bertz CT molecular complexity index is 1440. The topological polar surface area (TPSA) is 97.1 Å². The number of fused-ring (bicyclic) bond motifs is 1. The largest absolute Gasteiger partial charge is 0.478 e. The van der Waals surface area contributed by atoms with Crippen LogP contribution >= 0.6 is 39.3 Å². The van der Waals surface area contributed by atoms with E-state index in [9.17, 15) is 9.59 Å². The number of aromatic nitrogens is 3.